The quantitative estimate of drug-likeness (QED) is 0.792. The number of anilines is 1. The van der Waals surface area contributed by atoms with Gasteiger partial charge in [-0.3, -0.25) is 9.78 Å². The second-order valence-corrected chi connectivity index (χ2v) is 9.84. The van der Waals surface area contributed by atoms with E-state index in [1.807, 2.05) is 4.90 Å². The van der Waals surface area contributed by atoms with Crippen molar-refractivity contribution in [2.75, 3.05) is 31.1 Å². The second kappa shape index (κ2) is 6.79. The first-order valence-electron chi connectivity index (χ1n) is 7.14. The summed E-state index contributed by atoms with van der Waals surface area (Å²) in [5, 5.41) is 0. The highest BCUT2D eigenvalue weighted by atomic mass is 79.9. The molecule has 1 saturated heterocycles. The largest absolute Gasteiger partial charge is 0.369 e. The van der Waals surface area contributed by atoms with Crippen molar-refractivity contribution in [2.24, 2.45) is 5.73 Å². The van der Waals surface area contributed by atoms with Crippen LogP contribution in [0.5, 0.6) is 0 Å². The third kappa shape index (κ3) is 3.46. The number of primary amides is 1. The zero-order valence-electron chi connectivity index (χ0n) is 12.6. The third-order valence-corrected chi connectivity index (χ3v) is 7.73. The number of nitrogens with zero attached hydrogens (tertiary/aromatic N) is 3. The fraction of sp³-hybridized carbons (Fsp3) is 0.286. The lowest BCUT2D eigenvalue weighted by molar-refractivity contribution is 0.0995. The van der Waals surface area contributed by atoms with Gasteiger partial charge in [-0.05, 0) is 40.2 Å². The second-order valence-electron chi connectivity index (χ2n) is 5.21. The number of piperazine rings is 1. The fourth-order valence-electron chi connectivity index (χ4n) is 2.50. The molecule has 1 aliphatic heterocycles. The Morgan fingerprint density at radius 2 is 1.92 bits per heavy atom. The summed E-state index contributed by atoms with van der Waals surface area (Å²) in [4.78, 5) is 17.2. The molecule has 0 atom stereocenters. The number of thiophene rings is 1. The van der Waals surface area contributed by atoms with Crippen molar-refractivity contribution >= 4 is 48.9 Å². The number of aromatic nitrogens is 1. The fourth-order valence-corrected chi connectivity index (χ4v) is 6.09. The number of carbonyl (C=O) groups excluding carboxylic acids is 1. The summed E-state index contributed by atoms with van der Waals surface area (Å²) in [6.45, 7) is 1.83. The predicted octanol–water partition coefficient (Wildman–Crippen LogP) is 1.52. The predicted molar refractivity (Wildman–Crippen MR) is 95.7 cm³/mol. The highest BCUT2D eigenvalue weighted by Crippen LogP contribution is 2.29. The first-order valence-corrected chi connectivity index (χ1v) is 10.2. The summed E-state index contributed by atoms with van der Waals surface area (Å²) in [6.07, 6.45) is 1.53. The highest BCUT2D eigenvalue weighted by molar-refractivity contribution is 9.11. The molecule has 10 heteroatoms. The van der Waals surface area contributed by atoms with Crippen molar-refractivity contribution in [2.45, 2.75) is 4.21 Å². The van der Waals surface area contributed by atoms with Crippen LogP contribution in [0.4, 0.5) is 5.69 Å². The lowest BCUT2D eigenvalue weighted by atomic mass is 10.2. The Morgan fingerprint density at radius 3 is 2.50 bits per heavy atom. The van der Waals surface area contributed by atoms with Gasteiger partial charge in [0.25, 0.3) is 15.9 Å². The molecule has 1 amide bonds. The van der Waals surface area contributed by atoms with Gasteiger partial charge < -0.3 is 10.6 Å². The Labute approximate surface area is 152 Å². The molecule has 0 aliphatic carbocycles. The van der Waals surface area contributed by atoms with Crippen LogP contribution < -0.4 is 10.6 Å². The van der Waals surface area contributed by atoms with Gasteiger partial charge in [0.15, 0.2) is 0 Å². The van der Waals surface area contributed by atoms with Crippen molar-refractivity contribution < 1.29 is 13.2 Å². The molecule has 0 radical (unpaired) electrons. The van der Waals surface area contributed by atoms with Gasteiger partial charge in [0, 0.05) is 38.1 Å². The first-order chi connectivity index (χ1) is 11.4. The molecular weight excluding hydrogens is 416 g/mol. The van der Waals surface area contributed by atoms with Gasteiger partial charge in [0.2, 0.25) is 0 Å². The Hall–Kier alpha value is -1.49. The smallest absolute Gasteiger partial charge is 0.267 e. The van der Waals surface area contributed by atoms with E-state index in [1.54, 1.807) is 24.3 Å². The van der Waals surface area contributed by atoms with Gasteiger partial charge in [0.05, 0.1) is 3.79 Å². The van der Waals surface area contributed by atoms with Crippen molar-refractivity contribution in [1.82, 2.24) is 9.29 Å². The minimum absolute atomic E-state index is 0.200. The lowest BCUT2D eigenvalue weighted by Gasteiger charge is -2.35. The molecule has 3 rings (SSSR count). The van der Waals surface area contributed by atoms with Crippen LogP contribution in [-0.4, -0.2) is 49.8 Å². The van der Waals surface area contributed by atoms with E-state index in [0.29, 0.717) is 30.4 Å². The molecule has 1 fully saturated rings. The summed E-state index contributed by atoms with van der Waals surface area (Å²) in [5.41, 5.74) is 6.26. The standard InChI is InChI=1S/C14H15BrN4O3S2/c15-12-1-2-13(23-12)24(21,22)19-7-5-18(6-8-19)10-3-4-17-11(9-10)14(16)20/h1-4,9H,5-8H2,(H2,16,20). The number of sulfonamides is 1. The summed E-state index contributed by atoms with van der Waals surface area (Å²) in [7, 11) is -3.46. The summed E-state index contributed by atoms with van der Waals surface area (Å²) >= 11 is 4.50. The van der Waals surface area contributed by atoms with Crippen LogP contribution in [-0.2, 0) is 10.0 Å². The molecule has 2 aromatic rings. The summed E-state index contributed by atoms with van der Waals surface area (Å²) < 4.78 is 27.8. The van der Waals surface area contributed by atoms with Gasteiger partial charge in [-0.1, -0.05) is 0 Å². The Balaban J connectivity index is 1.72. The maximum Gasteiger partial charge on any atom is 0.267 e. The molecule has 0 unspecified atom stereocenters. The lowest BCUT2D eigenvalue weighted by Crippen LogP contribution is -2.48. The Morgan fingerprint density at radius 1 is 1.21 bits per heavy atom. The van der Waals surface area contributed by atoms with Gasteiger partial charge in [-0.15, -0.1) is 11.3 Å². The average molecular weight is 431 g/mol. The van der Waals surface area contributed by atoms with Crippen molar-refractivity contribution in [3.8, 4) is 0 Å². The van der Waals surface area contributed by atoms with E-state index in [1.165, 1.54) is 21.8 Å². The van der Waals surface area contributed by atoms with Crippen LogP contribution in [0.2, 0.25) is 0 Å². The monoisotopic (exact) mass is 430 g/mol. The van der Waals surface area contributed by atoms with Crippen molar-refractivity contribution in [3.63, 3.8) is 0 Å². The summed E-state index contributed by atoms with van der Waals surface area (Å²) in [5.74, 6) is -0.582. The SMILES string of the molecule is NC(=O)c1cc(N2CCN(S(=O)(=O)c3ccc(Br)s3)CC2)ccn1. The third-order valence-electron chi connectivity index (χ3n) is 3.74. The van der Waals surface area contributed by atoms with E-state index in [2.05, 4.69) is 20.9 Å². The molecule has 7 nitrogen and oxygen atoms in total. The molecule has 24 heavy (non-hydrogen) atoms. The number of nitrogens with two attached hydrogens (primary N) is 1. The Bertz CT molecular complexity index is 860. The van der Waals surface area contributed by atoms with Gasteiger partial charge >= 0.3 is 0 Å². The molecule has 0 bridgehead atoms. The van der Waals surface area contributed by atoms with Crippen molar-refractivity contribution in [3.05, 3.63) is 39.9 Å². The van der Waals surface area contributed by atoms with Crippen LogP contribution in [0.15, 0.2) is 38.5 Å². The number of pyridine rings is 1. The minimum Gasteiger partial charge on any atom is -0.369 e. The number of hydrogen-bond donors (Lipinski definition) is 1. The molecule has 0 saturated carbocycles. The highest BCUT2D eigenvalue weighted by Gasteiger charge is 2.29. The van der Waals surface area contributed by atoms with Gasteiger partial charge in [-0.2, -0.15) is 4.31 Å². The van der Waals surface area contributed by atoms with E-state index >= 15 is 0 Å². The van der Waals surface area contributed by atoms with Crippen LogP contribution in [0.25, 0.3) is 0 Å². The molecule has 1 aliphatic rings. The minimum atomic E-state index is -3.46. The van der Waals surface area contributed by atoms with E-state index in [9.17, 15) is 13.2 Å². The number of carbonyl (C=O) groups is 1. The molecule has 0 spiro atoms. The number of rotatable bonds is 4. The maximum atomic E-state index is 12.6. The normalized spacial score (nSPS) is 16.3. The Kier molecular flexibility index (Phi) is 4.90. The van der Waals surface area contributed by atoms with Crippen LogP contribution in [0.1, 0.15) is 10.5 Å². The van der Waals surface area contributed by atoms with E-state index in [0.717, 1.165) is 9.47 Å². The van der Waals surface area contributed by atoms with E-state index < -0.39 is 15.9 Å². The zero-order valence-corrected chi connectivity index (χ0v) is 15.8. The molecule has 3 heterocycles. The average Bonchev–Trinajstić information content (AvgIpc) is 3.02. The van der Waals surface area contributed by atoms with Crippen LogP contribution in [0, 0.1) is 0 Å². The summed E-state index contributed by atoms with van der Waals surface area (Å²) in [6, 6.07) is 6.75. The van der Waals surface area contributed by atoms with E-state index in [-0.39, 0.29) is 5.69 Å². The molecule has 0 aromatic carbocycles. The molecule has 128 valence electrons. The van der Waals surface area contributed by atoms with E-state index in [4.69, 9.17) is 5.73 Å². The van der Waals surface area contributed by atoms with Crippen LogP contribution in [0.3, 0.4) is 0 Å². The first kappa shape index (κ1) is 17.3. The topological polar surface area (TPSA) is 96.6 Å². The zero-order chi connectivity index (χ0) is 17.3. The number of hydrogen-bond acceptors (Lipinski definition) is 6. The van der Waals surface area contributed by atoms with Crippen LogP contribution >= 0.6 is 27.3 Å². The molecular formula is C14H15BrN4O3S2. The number of halogens is 1. The molecule has 2 aromatic heterocycles. The number of amides is 1. The van der Waals surface area contributed by atoms with Crippen molar-refractivity contribution in [1.29, 1.82) is 0 Å². The van der Waals surface area contributed by atoms with Gasteiger partial charge in [0.1, 0.15) is 9.90 Å². The van der Waals surface area contributed by atoms with Gasteiger partial charge in [-0.25, -0.2) is 8.42 Å². The maximum absolute atomic E-state index is 12.6. The molecule has 2 N–H and O–H groups in total.